The molecule has 0 aromatic carbocycles. The van der Waals surface area contributed by atoms with Crippen LogP contribution in [-0.2, 0) is 9.59 Å². The molecule has 5 nitrogen and oxygen atoms in total. The standard InChI is InChI=1S/C13H18N2O3S2.Na/c1-5-6-14(7(2)19)8-10(16)15-9(12(17)18)13(3,4)20-11(8)15;/h5,8-9,11H,1,6H2,2-4H3,(H,17,18);/q;+1/p-1/t8-,9+,11-;/m1./s1. The average Bonchev–Trinajstić information content (AvgIpc) is 2.57. The van der Waals surface area contributed by atoms with Crippen molar-refractivity contribution in [3.63, 3.8) is 0 Å². The van der Waals surface area contributed by atoms with Gasteiger partial charge in [0.25, 0.3) is 0 Å². The first-order chi connectivity index (χ1) is 9.22. The molecule has 2 rings (SSSR count). The summed E-state index contributed by atoms with van der Waals surface area (Å²) >= 11 is 6.67. The molecule has 8 heteroatoms. The molecule has 0 saturated carbocycles. The van der Waals surface area contributed by atoms with Gasteiger partial charge in [-0.1, -0.05) is 18.3 Å². The van der Waals surface area contributed by atoms with E-state index in [1.54, 1.807) is 17.9 Å². The van der Waals surface area contributed by atoms with Gasteiger partial charge < -0.3 is 19.7 Å². The van der Waals surface area contributed by atoms with E-state index >= 15 is 0 Å². The van der Waals surface area contributed by atoms with E-state index in [9.17, 15) is 14.7 Å². The van der Waals surface area contributed by atoms with Gasteiger partial charge in [-0.25, -0.2) is 0 Å². The first-order valence-electron chi connectivity index (χ1n) is 6.31. The molecule has 2 aliphatic rings. The van der Waals surface area contributed by atoms with E-state index in [2.05, 4.69) is 6.58 Å². The average molecular weight is 336 g/mol. The topological polar surface area (TPSA) is 63.7 Å². The van der Waals surface area contributed by atoms with Crippen molar-refractivity contribution in [2.45, 2.75) is 43.0 Å². The molecule has 0 aromatic rings. The summed E-state index contributed by atoms with van der Waals surface area (Å²) in [7, 11) is 0. The Balaban J connectivity index is 0.00000220. The van der Waals surface area contributed by atoms with Gasteiger partial charge in [-0.2, -0.15) is 0 Å². The summed E-state index contributed by atoms with van der Waals surface area (Å²) in [6.45, 7) is 9.55. The van der Waals surface area contributed by atoms with Crippen molar-refractivity contribution in [2.24, 2.45) is 0 Å². The third-order valence-electron chi connectivity index (χ3n) is 3.70. The van der Waals surface area contributed by atoms with Crippen molar-refractivity contribution in [3.8, 4) is 0 Å². The maximum Gasteiger partial charge on any atom is 1.00 e. The summed E-state index contributed by atoms with van der Waals surface area (Å²) in [5, 5.41) is 11.1. The second-order valence-electron chi connectivity index (χ2n) is 5.48. The molecule has 1 amide bonds. The number of fused-ring (bicyclic) bond motifs is 1. The minimum Gasteiger partial charge on any atom is -0.548 e. The van der Waals surface area contributed by atoms with Crippen LogP contribution in [0.4, 0.5) is 0 Å². The fourth-order valence-corrected chi connectivity index (χ4v) is 4.72. The van der Waals surface area contributed by atoms with Crippen molar-refractivity contribution in [1.29, 1.82) is 0 Å². The molecule has 3 atom stereocenters. The fraction of sp³-hybridized carbons (Fsp3) is 0.615. The Morgan fingerprint density at radius 2 is 2.19 bits per heavy atom. The molecule has 21 heavy (non-hydrogen) atoms. The molecule has 0 aliphatic carbocycles. The van der Waals surface area contributed by atoms with E-state index in [4.69, 9.17) is 12.2 Å². The summed E-state index contributed by atoms with van der Waals surface area (Å²) in [5.41, 5.74) is 0. The van der Waals surface area contributed by atoms with Gasteiger partial charge in [0, 0.05) is 11.3 Å². The van der Waals surface area contributed by atoms with Crippen LogP contribution in [0.2, 0.25) is 0 Å². The van der Waals surface area contributed by atoms with E-state index in [0.29, 0.717) is 11.5 Å². The molecule has 2 saturated heterocycles. The Kier molecular flexibility index (Phi) is 5.94. The van der Waals surface area contributed by atoms with Crippen LogP contribution in [0.1, 0.15) is 20.8 Å². The number of hydrogen-bond donors (Lipinski definition) is 0. The van der Waals surface area contributed by atoms with Crippen LogP contribution in [-0.4, -0.2) is 55.4 Å². The Labute approximate surface area is 156 Å². The zero-order valence-corrected chi connectivity index (χ0v) is 16.3. The summed E-state index contributed by atoms with van der Waals surface area (Å²) in [4.78, 5) is 27.5. The van der Waals surface area contributed by atoms with Crippen molar-refractivity contribution in [2.75, 3.05) is 6.54 Å². The van der Waals surface area contributed by atoms with Crippen molar-refractivity contribution in [1.82, 2.24) is 9.80 Å². The summed E-state index contributed by atoms with van der Waals surface area (Å²) < 4.78 is -0.566. The van der Waals surface area contributed by atoms with Gasteiger partial charge in [0.15, 0.2) is 0 Å². The number of thiocarbonyl (C=S) groups is 1. The Morgan fingerprint density at radius 3 is 2.62 bits per heavy atom. The maximum atomic E-state index is 12.4. The predicted octanol–water partition coefficient (Wildman–Crippen LogP) is -2.99. The minimum atomic E-state index is -1.20. The number of carbonyl (C=O) groups is 2. The van der Waals surface area contributed by atoms with Crippen LogP contribution in [0.3, 0.4) is 0 Å². The van der Waals surface area contributed by atoms with Crippen LogP contribution in [0.5, 0.6) is 0 Å². The second kappa shape index (κ2) is 6.58. The summed E-state index contributed by atoms with van der Waals surface area (Å²) in [6.07, 6.45) is 1.69. The van der Waals surface area contributed by atoms with Crippen molar-refractivity contribution in [3.05, 3.63) is 12.7 Å². The van der Waals surface area contributed by atoms with Gasteiger partial charge in [0.1, 0.15) is 11.4 Å². The van der Waals surface area contributed by atoms with Gasteiger partial charge in [-0.3, -0.25) is 4.79 Å². The molecule has 110 valence electrons. The number of β-lactam (4-membered cyclic amide) rings is 1. The third kappa shape index (κ3) is 3.03. The Hall–Kier alpha value is -0.0800. The molecule has 0 spiro atoms. The van der Waals surface area contributed by atoms with Crippen molar-refractivity contribution < 1.29 is 44.3 Å². The quantitative estimate of drug-likeness (QED) is 0.236. The number of thioether (sulfide) groups is 1. The SMILES string of the molecule is C=CCN(C(C)=S)[C@@H]1C(=O)N2[C@@H]1SC(C)(C)[C@@H]2C(=O)[O-].[Na+]. The van der Waals surface area contributed by atoms with E-state index in [1.807, 2.05) is 13.8 Å². The van der Waals surface area contributed by atoms with Gasteiger partial charge in [0.2, 0.25) is 5.91 Å². The molecule has 0 aromatic heterocycles. The molecular weight excluding hydrogens is 319 g/mol. The summed E-state index contributed by atoms with van der Waals surface area (Å²) in [5.74, 6) is -1.40. The molecule has 2 aliphatic heterocycles. The third-order valence-corrected chi connectivity index (χ3v) is 5.49. The minimum absolute atomic E-state index is 0. The van der Waals surface area contributed by atoms with Gasteiger partial charge in [0.05, 0.1) is 17.0 Å². The van der Waals surface area contributed by atoms with E-state index < -0.39 is 22.8 Å². The molecule has 2 fully saturated rings. The molecule has 0 radical (unpaired) electrons. The number of carboxylic acids is 1. The van der Waals surface area contributed by atoms with Crippen LogP contribution in [0, 0.1) is 0 Å². The molecular formula is C13H17N2NaO3S2. The number of carbonyl (C=O) groups excluding carboxylic acids is 2. The van der Waals surface area contributed by atoms with Crippen LogP contribution < -0.4 is 34.7 Å². The van der Waals surface area contributed by atoms with Gasteiger partial charge >= 0.3 is 29.6 Å². The first-order valence-corrected chi connectivity index (χ1v) is 7.60. The number of carboxylic acid groups (broad SMARTS) is 1. The number of hydrogen-bond acceptors (Lipinski definition) is 5. The number of amides is 1. The normalized spacial score (nSPS) is 29.0. The van der Waals surface area contributed by atoms with Crippen LogP contribution >= 0.6 is 24.0 Å². The maximum absolute atomic E-state index is 12.4. The van der Waals surface area contributed by atoms with Crippen molar-refractivity contribution >= 4 is 40.8 Å². The monoisotopic (exact) mass is 336 g/mol. The second-order valence-corrected chi connectivity index (χ2v) is 7.85. The number of rotatable bonds is 4. The zero-order valence-electron chi connectivity index (χ0n) is 12.7. The van der Waals surface area contributed by atoms with E-state index in [1.165, 1.54) is 16.7 Å². The molecule has 0 N–H and O–H groups in total. The largest absolute Gasteiger partial charge is 1.00 e. The van der Waals surface area contributed by atoms with Crippen LogP contribution in [0.25, 0.3) is 0 Å². The number of nitrogens with zero attached hydrogens (tertiary/aromatic N) is 2. The van der Waals surface area contributed by atoms with E-state index in [-0.39, 0.29) is 40.8 Å². The van der Waals surface area contributed by atoms with E-state index in [0.717, 1.165) is 0 Å². The Bertz CT molecular complexity index is 498. The predicted molar refractivity (Wildman–Crippen MR) is 80.1 cm³/mol. The molecule has 0 unspecified atom stereocenters. The summed E-state index contributed by atoms with van der Waals surface area (Å²) in [6, 6.07) is -1.30. The Morgan fingerprint density at radius 1 is 1.62 bits per heavy atom. The first kappa shape index (κ1) is 19.0. The zero-order chi connectivity index (χ0) is 15.2. The van der Waals surface area contributed by atoms with Gasteiger partial charge in [-0.05, 0) is 20.8 Å². The van der Waals surface area contributed by atoms with Gasteiger partial charge in [-0.15, -0.1) is 18.3 Å². The molecule has 0 bridgehead atoms. The fourth-order valence-electron chi connectivity index (χ4n) is 2.84. The van der Waals surface area contributed by atoms with Crippen LogP contribution in [0.15, 0.2) is 12.7 Å². The molecule has 2 heterocycles. The smallest absolute Gasteiger partial charge is 0.548 e. The number of aliphatic carboxylic acids is 1.